The van der Waals surface area contributed by atoms with Crippen molar-refractivity contribution in [3.63, 3.8) is 0 Å². The molecule has 1 aromatic carbocycles. The van der Waals surface area contributed by atoms with Gasteiger partial charge in [0.05, 0.1) is 10.6 Å². The van der Waals surface area contributed by atoms with Crippen LogP contribution in [0.25, 0.3) is 0 Å². The first kappa shape index (κ1) is 15.5. The van der Waals surface area contributed by atoms with Crippen LogP contribution in [-0.4, -0.2) is 19.6 Å². The maximum atomic E-state index is 12.3. The Morgan fingerprint density at radius 3 is 2.67 bits per heavy atom. The number of nitrogen functional groups attached to an aromatic ring is 1. The minimum absolute atomic E-state index is 0.160. The fourth-order valence-electron chi connectivity index (χ4n) is 2.16. The number of anilines is 1. The first-order valence-electron chi connectivity index (χ1n) is 6.59. The fourth-order valence-corrected chi connectivity index (χ4v) is 3.45. The van der Waals surface area contributed by atoms with Crippen LogP contribution in [-0.2, 0) is 16.4 Å². The van der Waals surface area contributed by atoms with Gasteiger partial charge in [-0.3, -0.25) is 0 Å². The molecule has 1 aromatic heterocycles. The molecule has 1 atom stereocenters. The number of nitrogens with one attached hydrogen (secondary N) is 1. The van der Waals surface area contributed by atoms with E-state index in [-0.39, 0.29) is 10.9 Å². The largest absolute Gasteiger partial charge is 0.399 e. The second-order valence-electron chi connectivity index (χ2n) is 5.10. The van der Waals surface area contributed by atoms with Gasteiger partial charge in [0, 0.05) is 17.3 Å². The van der Waals surface area contributed by atoms with Crippen molar-refractivity contribution in [1.82, 2.24) is 9.88 Å². The molecule has 3 N–H and O–H groups in total. The van der Waals surface area contributed by atoms with Gasteiger partial charge in [0.1, 0.15) is 5.76 Å². The summed E-state index contributed by atoms with van der Waals surface area (Å²) in [7, 11) is -3.59. The van der Waals surface area contributed by atoms with E-state index in [4.69, 9.17) is 10.3 Å². The summed E-state index contributed by atoms with van der Waals surface area (Å²) in [6, 6.07) is 5.93. The molecular weight excluding hydrogens is 290 g/mol. The molecule has 0 saturated heterocycles. The average Bonchev–Trinajstić information content (AvgIpc) is 2.70. The molecule has 21 heavy (non-hydrogen) atoms. The van der Waals surface area contributed by atoms with Crippen LogP contribution in [0, 0.1) is 13.8 Å². The second-order valence-corrected chi connectivity index (χ2v) is 6.82. The van der Waals surface area contributed by atoms with Crippen LogP contribution in [0.5, 0.6) is 0 Å². The van der Waals surface area contributed by atoms with Crippen molar-refractivity contribution in [3.8, 4) is 0 Å². The van der Waals surface area contributed by atoms with Crippen molar-refractivity contribution in [2.45, 2.75) is 38.1 Å². The van der Waals surface area contributed by atoms with Crippen LogP contribution in [0.2, 0.25) is 0 Å². The van der Waals surface area contributed by atoms with E-state index in [9.17, 15) is 8.42 Å². The number of hydrogen-bond donors (Lipinski definition) is 2. The first-order valence-corrected chi connectivity index (χ1v) is 8.07. The lowest BCUT2D eigenvalue weighted by atomic mass is 10.1. The SMILES string of the molecule is Cc1noc(C)c1CC(C)NS(=O)(=O)c1cccc(N)c1. The van der Waals surface area contributed by atoms with Crippen molar-refractivity contribution >= 4 is 15.7 Å². The predicted octanol–water partition coefficient (Wildman–Crippen LogP) is 1.78. The molecule has 0 aliphatic heterocycles. The van der Waals surface area contributed by atoms with E-state index < -0.39 is 10.0 Å². The maximum Gasteiger partial charge on any atom is 0.240 e. The number of benzene rings is 1. The lowest BCUT2D eigenvalue weighted by Gasteiger charge is -2.14. The van der Waals surface area contributed by atoms with Gasteiger partial charge in [-0.05, 0) is 45.4 Å². The molecule has 0 bridgehead atoms. The third-order valence-electron chi connectivity index (χ3n) is 3.22. The van der Waals surface area contributed by atoms with Crippen molar-refractivity contribution in [1.29, 1.82) is 0 Å². The Kier molecular flexibility index (Phi) is 4.34. The van der Waals surface area contributed by atoms with E-state index >= 15 is 0 Å². The van der Waals surface area contributed by atoms with Crippen molar-refractivity contribution in [3.05, 3.63) is 41.3 Å². The van der Waals surface area contributed by atoms with Gasteiger partial charge in [-0.1, -0.05) is 11.2 Å². The van der Waals surface area contributed by atoms with Crippen molar-refractivity contribution in [2.24, 2.45) is 0 Å². The zero-order valence-electron chi connectivity index (χ0n) is 12.3. The van der Waals surface area contributed by atoms with E-state index in [0.717, 1.165) is 11.3 Å². The molecule has 2 rings (SSSR count). The molecule has 0 aliphatic rings. The van der Waals surface area contributed by atoms with Gasteiger partial charge >= 0.3 is 0 Å². The molecule has 0 amide bonds. The summed E-state index contributed by atoms with van der Waals surface area (Å²) in [6.45, 7) is 5.45. The second kappa shape index (κ2) is 5.87. The topological polar surface area (TPSA) is 98.2 Å². The molecule has 0 aliphatic carbocycles. The smallest absolute Gasteiger partial charge is 0.240 e. The maximum absolute atomic E-state index is 12.3. The third kappa shape index (κ3) is 3.62. The number of aryl methyl sites for hydroxylation is 2. The van der Waals surface area contributed by atoms with Gasteiger partial charge in [-0.15, -0.1) is 0 Å². The van der Waals surface area contributed by atoms with Gasteiger partial charge < -0.3 is 10.3 Å². The van der Waals surface area contributed by atoms with Crippen LogP contribution in [0.4, 0.5) is 5.69 Å². The van der Waals surface area contributed by atoms with E-state index in [1.165, 1.54) is 12.1 Å². The summed E-state index contributed by atoms with van der Waals surface area (Å²) < 4.78 is 32.3. The van der Waals surface area contributed by atoms with Gasteiger partial charge in [0.2, 0.25) is 10.0 Å². The number of aromatic nitrogens is 1. The Morgan fingerprint density at radius 2 is 2.10 bits per heavy atom. The monoisotopic (exact) mass is 309 g/mol. The standard InChI is InChI=1S/C14H19N3O3S/c1-9(7-14-10(2)16-20-11(14)3)17-21(18,19)13-6-4-5-12(15)8-13/h4-6,8-9,17H,7,15H2,1-3H3. The van der Waals surface area contributed by atoms with Gasteiger partial charge in [0.25, 0.3) is 0 Å². The molecule has 0 fully saturated rings. The molecule has 1 unspecified atom stereocenters. The number of sulfonamides is 1. The molecule has 1 heterocycles. The quantitative estimate of drug-likeness (QED) is 0.820. The van der Waals surface area contributed by atoms with E-state index in [2.05, 4.69) is 9.88 Å². The Bertz CT molecular complexity index is 718. The minimum atomic E-state index is -3.59. The van der Waals surface area contributed by atoms with E-state index in [1.807, 2.05) is 13.8 Å². The zero-order chi connectivity index (χ0) is 15.6. The normalized spacial score (nSPS) is 13.3. The Labute approximate surface area is 124 Å². The summed E-state index contributed by atoms with van der Waals surface area (Å²) in [5.74, 6) is 0.711. The lowest BCUT2D eigenvalue weighted by Crippen LogP contribution is -2.34. The number of rotatable bonds is 5. The molecule has 0 spiro atoms. The summed E-state index contributed by atoms with van der Waals surface area (Å²) >= 11 is 0. The number of nitrogens with two attached hydrogens (primary N) is 1. The Hall–Kier alpha value is -1.86. The number of hydrogen-bond acceptors (Lipinski definition) is 5. The summed E-state index contributed by atoms with van der Waals surface area (Å²) in [5.41, 5.74) is 7.74. The van der Waals surface area contributed by atoms with Crippen LogP contribution in [0.1, 0.15) is 23.9 Å². The van der Waals surface area contributed by atoms with E-state index in [0.29, 0.717) is 17.9 Å². The highest BCUT2D eigenvalue weighted by atomic mass is 32.2. The van der Waals surface area contributed by atoms with Crippen molar-refractivity contribution < 1.29 is 12.9 Å². The van der Waals surface area contributed by atoms with Gasteiger partial charge in [0.15, 0.2) is 0 Å². The predicted molar refractivity (Wildman–Crippen MR) is 80.3 cm³/mol. The van der Waals surface area contributed by atoms with Gasteiger partial charge in [-0.25, -0.2) is 13.1 Å². The summed E-state index contributed by atoms with van der Waals surface area (Å²) in [6.07, 6.45) is 0.517. The minimum Gasteiger partial charge on any atom is -0.399 e. The van der Waals surface area contributed by atoms with Crippen LogP contribution in [0.3, 0.4) is 0 Å². The molecule has 114 valence electrons. The van der Waals surface area contributed by atoms with Gasteiger partial charge in [-0.2, -0.15) is 0 Å². The summed E-state index contributed by atoms with van der Waals surface area (Å²) in [4.78, 5) is 0.160. The van der Waals surface area contributed by atoms with Crippen LogP contribution >= 0.6 is 0 Å². The Morgan fingerprint density at radius 1 is 1.38 bits per heavy atom. The number of nitrogens with zero attached hydrogens (tertiary/aromatic N) is 1. The molecule has 6 nitrogen and oxygen atoms in total. The first-order chi connectivity index (χ1) is 9.79. The average molecular weight is 309 g/mol. The highest BCUT2D eigenvalue weighted by Crippen LogP contribution is 2.17. The van der Waals surface area contributed by atoms with Crippen LogP contribution in [0.15, 0.2) is 33.7 Å². The third-order valence-corrected chi connectivity index (χ3v) is 4.80. The molecule has 0 radical (unpaired) electrons. The molecular formula is C14H19N3O3S. The fraction of sp³-hybridized carbons (Fsp3) is 0.357. The highest BCUT2D eigenvalue weighted by Gasteiger charge is 2.20. The highest BCUT2D eigenvalue weighted by molar-refractivity contribution is 7.89. The summed E-state index contributed by atoms with van der Waals surface area (Å²) in [5, 5.41) is 3.87. The lowest BCUT2D eigenvalue weighted by molar-refractivity contribution is 0.392. The molecule has 2 aromatic rings. The molecule has 7 heteroatoms. The van der Waals surface area contributed by atoms with E-state index in [1.54, 1.807) is 19.1 Å². The Balaban J connectivity index is 2.13. The van der Waals surface area contributed by atoms with Crippen LogP contribution < -0.4 is 10.5 Å². The molecule has 0 saturated carbocycles. The zero-order valence-corrected chi connectivity index (χ0v) is 13.1. The van der Waals surface area contributed by atoms with Crippen molar-refractivity contribution in [2.75, 3.05) is 5.73 Å².